The van der Waals surface area contributed by atoms with E-state index in [0.717, 1.165) is 26.3 Å². The minimum Gasteiger partial charge on any atom is -0.380 e. The Bertz CT molecular complexity index is 106. The third kappa shape index (κ3) is 2.43. The van der Waals surface area contributed by atoms with Gasteiger partial charge in [0, 0.05) is 32.3 Å². The average Bonchev–Trinajstić information content (AvgIpc) is 1.97. The maximum atomic E-state index is 5.55. The molecule has 3 nitrogen and oxygen atoms in total. The predicted molar refractivity (Wildman–Crippen MR) is 45.5 cm³/mol. The van der Waals surface area contributed by atoms with Gasteiger partial charge in [0.05, 0.1) is 6.61 Å². The first-order valence-electron chi connectivity index (χ1n) is 4.40. The Balaban J connectivity index is 1.98. The highest BCUT2D eigenvalue weighted by Gasteiger charge is 2.25. The zero-order chi connectivity index (χ0) is 8.10. The molecule has 66 valence electrons. The summed E-state index contributed by atoms with van der Waals surface area (Å²) in [6.07, 6.45) is 1.27. The van der Waals surface area contributed by atoms with Crippen LogP contribution in [0.4, 0.5) is 0 Å². The lowest BCUT2D eigenvalue weighted by atomic mass is 10.0. The fourth-order valence-electron chi connectivity index (χ4n) is 1.38. The zero-order valence-corrected chi connectivity index (χ0v) is 7.25. The lowest BCUT2D eigenvalue weighted by Gasteiger charge is -2.40. The van der Waals surface area contributed by atoms with E-state index in [1.54, 1.807) is 0 Å². The van der Waals surface area contributed by atoms with Gasteiger partial charge >= 0.3 is 0 Å². The van der Waals surface area contributed by atoms with Gasteiger partial charge in [-0.1, -0.05) is 0 Å². The molecule has 0 aromatic rings. The largest absolute Gasteiger partial charge is 0.380 e. The van der Waals surface area contributed by atoms with Gasteiger partial charge in [0.1, 0.15) is 0 Å². The number of rotatable bonds is 5. The lowest BCUT2D eigenvalue weighted by Crippen LogP contribution is -2.52. The fraction of sp³-hybridized carbons (Fsp3) is 1.00. The van der Waals surface area contributed by atoms with E-state index in [2.05, 4.69) is 4.90 Å². The van der Waals surface area contributed by atoms with E-state index in [1.807, 2.05) is 6.92 Å². The Morgan fingerprint density at radius 3 is 2.91 bits per heavy atom. The fourth-order valence-corrected chi connectivity index (χ4v) is 1.38. The SMILES string of the molecule is CCOCCN1CCC1CN. The maximum absolute atomic E-state index is 5.55. The van der Waals surface area contributed by atoms with Gasteiger partial charge in [0.2, 0.25) is 0 Å². The molecule has 0 bridgehead atoms. The van der Waals surface area contributed by atoms with Crippen molar-refractivity contribution in [3.05, 3.63) is 0 Å². The third-order valence-corrected chi connectivity index (χ3v) is 2.26. The summed E-state index contributed by atoms with van der Waals surface area (Å²) in [5, 5.41) is 0. The van der Waals surface area contributed by atoms with Crippen LogP contribution in [-0.2, 0) is 4.74 Å². The second-order valence-electron chi connectivity index (χ2n) is 2.91. The molecule has 1 saturated heterocycles. The predicted octanol–water partition coefficient (Wildman–Crippen LogP) is 0.0559. The average molecular weight is 158 g/mol. The molecule has 0 radical (unpaired) electrons. The first-order valence-corrected chi connectivity index (χ1v) is 4.40. The van der Waals surface area contributed by atoms with Crippen molar-refractivity contribution in [1.82, 2.24) is 4.90 Å². The molecule has 1 atom stereocenters. The summed E-state index contributed by atoms with van der Waals surface area (Å²) >= 11 is 0. The van der Waals surface area contributed by atoms with Crippen LogP contribution >= 0.6 is 0 Å². The first-order chi connectivity index (χ1) is 5.38. The van der Waals surface area contributed by atoms with E-state index < -0.39 is 0 Å². The molecule has 1 unspecified atom stereocenters. The van der Waals surface area contributed by atoms with E-state index in [4.69, 9.17) is 10.5 Å². The van der Waals surface area contributed by atoms with Crippen LogP contribution in [0.5, 0.6) is 0 Å². The molecule has 0 amide bonds. The van der Waals surface area contributed by atoms with Crippen molar-refractivity contribution in [3.8, 4) is 0 Å². The molecule has 0 saturated carbocycles. The molecule has 1 fully saturated rings. The van der Waals surface area contributed by atoms with Crippen LogP contribution in [0, 0.1) is 0 Å². The highest BCUT2D eigenvalue weighted by Crippen LogP contribution is 2.14. The summed E-state index contributed by atoms with van der Waals surface area (Å²) in [5.41, 5.74) is 5.55. The van der Waals surface area contributed by atoms with Crippen molar-refractivity contribution in [1.29, 1.82) is 0 Å². The Labute approximate surface area is 68.5 Å². The summed E-state index contributed by atoms with van der Waals surface area (Å²) in [6, 6.07) is 0.635. The quantitative estimate of drug-likeness (QED) is 0.575. The Morgan fingerprint density at radius 2 is 2.45 bits per heavy atom. The lowest BCUT2D eigenvalue weighted by molar-refractivity contribution is 0.0479. The Hall–Kier alpha value is -0.120. The molecule has 11 heavy (non-hydrogen) atoms. The summed E-state index contributed by atoms with van der Waals surface area (Å²) in [4.78, 5) is 2.38. The molecule has 0 aromatic heterocycles. The van der Waals surface area contributed by atoms with E-state index in [9.17, 15) is 0 Å². The van der Waals surface area contributed by atoms with Crippen LogP contribution in [0.15, 0.2) is 0 Å². The molecular weight excluding hydrogens is 140 g/mol. The van der Waals surface area contributed by atoms with E-state index in [1.165, 1.54) is 13.0 Å². The number of likely N-dealkylation sites (tertiary alicyclic amines) is 1. The van der Waals surface area contributed by atoms with E-state index in [0.29, 0.717) is 6.04 Å². The van der Waals surface area contributed by atoms with E-state index >= 15 is 0 Å². The summed E-state index contributed by atoms with van der Waals surface area (Å²) < 4.78 is 5.25. The van der Waals surface area contributed by atoms with Crippen molar-refractivity contribution in [2.45, 2.75) is 19.4 Å². The van der Waals surface area contributed by atoms with Gasteiger partial charge in [-0.3, -0.25) is 4.90 Å². The van der Waals surface area contributed by atoms with Crippen LogP contribution < -0.4 is 5.73 Å². The molecule has 1 aliphatic rings. The number of hydrogen-bond acceptors (Lipinski definition) is 3. The Kier molecular flexibility index (Phi) is 3.83. The first kappa shape index (κ1) is 8.97. The number of nitrogens with two attached hydrogens (primary N) is 1. The minimum absolute atomic E-state index is 0.635. The van der Waals surface area contributed by atoms with Gasteiger partial charge in [-0.2, -0.15) is 0 Å². The molecule has 0 aromatic carbocycles. The zero-order valence-electron chi connectivity index (χ0n) is 7.25. The topological polar surface area (TPSA) is 38.5 Å². The van der Waals surface area contributed by atoms with Gasteiger partial charge in [0.15, 0.2) is 0 Å². The standard InChI is InChI=1S/C8H18N2O/c1-2-11-6-5-10-4-3-8(10)7-9/h8H,2-7,9H2,1H3. The molecule has 1 aliphatic heterocycles. The van der Waals surface area contributed by atoms with Crippen molar-refractivity contribution in [3.63, 3.8) is 0 Å². The van der Waals surface area contributed by atoms with Gasteiger partial charge in [-0.15, -0.1) is 0 Å². The molecule has 2 N–H and O–H groups in total. The molecule has 0 aliphatic carbocycles. The molecule has 3 heteroatoms. The minimum atomic E-state index is 0.635. The summed E-state index contributed by atoms with van der Waals surface area (Å²) in [5.74, 6) is 0. The van der Waals surface area contributed by atoms with Gasteiger partial charge in [0.25, 0.3) is 0 Å². The second kappa shape index (κ2) is 4.70. The van der Waals surface area contributed by atoms with Crippen LogP contribution in [0.2, 0.25) is 0 Å². The second-order valence-corrected chi connectivity index (χ2v) is 2.91. The van der Waals surface area contributed by atoms with Crippen LogP contribution in [0.1, 0.15) is 13.3 Å². The van der Waals surface area contributed by atoms with Crippen LogP contribution in [0.3, 0.4) is 0 Å². The highest BCUT2D eigenvalue weighted by atomic mass is 16.5. The normalized spacial score (nSPS) is 25.1. The summed E-state index contributed by atoms with van der Waals surface area (Å²) in [7, 11) is 0. The molecule has 1 heterocycles. The van der Waals surface area contributed by atoms with Crippen molar-refractivity contribution >= 4 is 0 Å². The van der Waals surface area contributed by atoms with Crippen molar-refractivity contribution < 1.29 is 4.74 Å². The number of nitrogens with zero attached hydrogens (tertiary/aromatic N) is 1. The number of hydrogen-bond donors (Lipinski definition) is 1. The smallest absolute Gasteiger partial charge is 0.0593 e. The molecular formula is C8H18N2O. The number of ether oxygens (including phenoxy) is 1. The molecule has 0 spiro atoms. The van der Waals surface area contributed by atoms with Crippen LogP contribution in [-0.4, -0.2) is 43.8 Å². The van der Waals surface area contributed by atoms with Crippen molar-refractivity contribution in [2.24, 2.45) is 5.73 Å². The van der Waals surface area contributed by atoms with Crippen molar-refractivity contribution in [2.75, 3.05) is 32.8 Å². The van der Waals surface area contributed by atoms with Gasteiger partial charge in [-0.25, -0.2) is 0 Å². The van der Waals surface area contributed by atoms with Gasteiger partial charge < -0.3 is 10.5 Å². The molecule has 1 rings (SSSR count). The van der Waals surface area contributed by atoms with Crippen LogP contribution in [0.25, 0.3) is 0 Å². The maximum Gasteiger partial charge on any atom is 0.0593 e. The van der Waals surface area contributed by atoms with E-state index in [-0.39, 0.29) is 0 Å². The Morgan fingerprint density at radius 1 is 1.64 bits per heavy atom. The monoisotopic (exact) mass is 158 g/mol. The summed E-state index contributed by atoms with van der Waals surface area (Å²) in [6.45, 7) is 6.75. The highest BCUT2D eigenvalue weighted by molar-refractivity contribution is 4.82. The third-order valence-electron chi connectivity index (χ3n) is 2.26. The van der Waals surface area contributed by atoms with Gasteiger partial charge in [-0.05, 0) is 13.3 Å².